The maximum absolute atomic E-state index is 12.3. The quantitative estimate of drug-likeness (QED) is 0.844. The van der Waals surface area contributed by atoms with Crippen LogP contribution < -0.4 is 4.72 Å². The lowest BCUT2D eigenvalue weighted by Gasteiger charge is -2.15. The summed E-state index contributed by atoms with van der Waals surface area (Å²) in [5, 5.41) is -0.0339. The Labute approximate surface area is 124 Å². The van der Waals surface area contributed by atoms with Crippen LogP contribution in [-0.4, -0.2) is 27.1 Å². The number of ether oxygens (including phenoxy) is 1. The Kier molecular flexibility index (Phi) is 5.11. The van der Waals surface area contributed by atoms with Gasteiger partial charge in [-0.15, -0.1) is 0 Å². The van der Waals surface area contributed by atoms with Crippen molar-refractivity contribution in [3.63, 3.8) is 0 Å². The van der Waals surface area contributed by atoms with Gasteiger partial charge in [0.25, 0.3) is 10.0 Å². The van der Waals surface area contributed by atoms with Crippen LogP contribution in [-0.2, 0) is 21.2 Å². The molecule has 0 aliphatic carbocycles. The van der Waals surface area contributed by atoms with E-state index in [1.807, 2.05) is 13.0 Å². The summed E-state index contributed by atoms with van der Waals surface area (Å²) in [7, 11) is -2.22. The second kappa shape index (κ2) is 6.84. The maximum Gasteiger partial charge on any atom is 0.258 e. The summed E-state index contributed by atoms with van der Waals surface area (Å²) in [6, 6.07) is 7.70. The Morgan fingerprint density at radius 2 is 2.14 bits per heavy atom. The molecule has 1 atom stereocenters. The molecule has 2 aromatic heterocycles. The number of aromatic nitrogens is 1. The Bertz CT molecular complexity index is 667. The zero-order valence-corrected chi connectivity index (χ0v) is 12.8. The van der Waals surface area contributed by atoms with E-state index in [0.29, 0.717) is 5.76 Å². The largest absolute Gasteiger partial charge is 0.464 e. The molecule has 0 aliphatic heterocycles. The summed E-state index contributed by atoms with van der Waals surface area (Å²) >= 11 is 0. The third-order valence-corrected chi connectivity index (χ3v) is 4.31. The van der Waals surface area contributed by atoms with Crippen molar-refractivity contribution in [2.75, 3.05) is 13.7 Å². The van der Waals surface area contributed by atoms with Crippen LogP contribution in [0.1, 0.15) is 24.5 Å². The number of nitrogens with one attached hydrogen (secondary N) is 1. The summed E-state index contributed by atoms with van der Waals surface area (Å²) in [5.41, 5.74) is 0. The van der Waals surface area contributed by atoms with Gasteiger partial charge in [0, 0.05) is 19.7 Å². The number of furan rings is 1. The highest BCUT2D eigenvalue weighted by atomic mass is 32.2. The first-order chi connectivity index (χ1) is 10.1. The molecule has 21 heavy (non-hydrogen) atoms. The van der Waals surface area contributed by atoms with Gasteiger partial charge in [-0.25, -0.2) is 13.4 Å². The summed E-state index contributed by atoms with van der Waals surface area (Å²) in [5.74, 6) is 1.32. The molecule has 0 bridgehead atoms. The Morgan fingerprint density at radius 3 is 2.71 bits per heavy atom. The van der Waals surface area contributed by atoms with Gasteiger partial charge in [0.1, 0.15) is 17.6 Å². The lowest BCUT2D eigenvalue weighted by atomic mass is 10.2. The first kappa shape index (κ1) is 15.7. The van der Waals surface area contributed by atoms with Crippen LogP contribution in [0.25, 0.3) is 0 Å². The topological polar surface area (TPSA) is 81.4 Å². The number of pyridine rings is 1. The summed E-state index contributed by atoms with van der Waals surface area (Å²) in [6.45, 7) is 2.13. The van der Waals surface area contributed by atoms with E-state index in [1.54, 1.807) is 18.2 Å². The molecule has 0 radical (unpaired) electrons. The highest BCUT2D eigenvalue weighted by Crippen LogP contribution is 2.20. The van der Waals surface area contributed by atoms with Gasteiger partial charge in [-0.3, -0.25) is 0 Å². The van der Waals surface area contributed by atoms with Crippen molar-refractivity contribution in [3.05, 3.63) is 48.0 Å². The van der Waals surface area contributed by atoms with Gasteiger partial charge in [-0.2, -0.15) is 4.72 Å². The molecule has 114 valence electrons. The Morgan fingerprint density at radius 1 is 1.33 bits per heavy atom. The predicted molar refractivity (Wildman–Crippen MR) is 77.3 cm³/mol. The fourth-order valence-electron chi connectivity index (χ4n) is 1.87. The summed E-state index contributed by atoms with van der Waals surface area (Å²) < 4.78 is 37.8. The lowest BCUT2D eigenvalue weighted by Crippen LogP contribution is -2.31. The molecule has 1 N–H and O–H groups in total. The third-order valence-electron chi connectivity index (χ3n) is 2.92. The van der Waals surface area contributed by atoms with E-state index in [2.05, 4.69) is 9.71 Å². The van der Waals surface area contributed by atoms with E-state index < -0.39 is 16.1 Å². The van der Waals surface area contributed by atoms with Crippen LogP contribution in [0.5, 0.6) is 0 Å². The minimum Gasteiger partial charge on any atom is -0.464 e. The second-order valence-electron chi connectivity index (χ2n) is 4.45. The van der Waals surface area contributed by atoms with Crippen molar-refractivity contribution in [1.82, 2.24) is 9.71 Å². The molecule has 7 heteroatoms. The molecular formula is C14H18N2O4S. The van der Waals surface area contributed by atoms with Gasteiger partial charge in [-0.1, -0.05) is 13.0 Å². The minimum atomic E-state index is -3.73. The van der Waals surface area contributed by atoms with Crippen molar-refractivity contribution in [2.45, 2.75) is 24.4 Å². The van der Waals surface area contributed by atoms with Crippen molar-refractivity contribution in [1.29, 1.82) is 0 Å². The molecule has 0 aliphatic rings. The standard InChI is InChI=1S/C14H18N2O4S/c1-3-11-7-8-13(20-11)12(10-19-2)16-21(17,18)14-6-4-5-9-15-14/h4-9,12,16H,3,10H2,1-2H3. The number of nitrogens with zero attached hydrogens (tertiary/aromatic N) is 1. The SMILES string of the molecule is CCc1ccc(C(COC)NS(=O)(=O)c2ccccn2)o1. The number of rotatable bonds is 7. The number of methoxy groups -OCH3 is 1. The van der Waals surface area contributed by atoms with E-state index in [-0.39, 0.29) is 11.6 Å². The van der Waals surface area contributed by atoms with E-state index in [9.17, 15) is 8.42 Å². The monoisotopic (exact) mass is 310 g/mol. The Balaban J connectivity index is 2.23. The van der Waals surface area contributed by atoms with Crippen LogP contribution in [0.4, 0.5) is 0 Å². The van der Waals surface area contributed by atoms with Gasteiger partial charge in [0.05, 0.1) is 6.61 Å². The first-order valence-electron chi connectivity index (χ1n) is 6.57. The normalized spacial score (nSPS) is 13.2. The van der Waals surface area contributed by atoms with Crippen LogP contribution in [0, 0.1) is 0 Å². The highest BCUT2D eigenvalue weighted by Gasteiger charge is 2.24. The van der Waals surface area contributed by atoms with Crippen molar-refractivity contribution < 1.29 is 17.6 Å². The maximum atomic E-state index is 12.3. The molecule has 0 aromatic carbocycles. The zero-order chi connectivity index (χ0) is 15.3. The van der Waals surface area contributed by atoms with Crippen molar-refractivity contribution >= 4 is 10.0 Å². The molecule has 6 nitrogen and oxygen atoms in total. The molecule has 0 saturated heterocycles. The van der Waals surface area contributed by atoms with Crippen LogP contribution in [0.3, 0.4) is 0 Å². The minimum absolute atomic E-state index is 0.0339. The molecule has 2 heterocycles. The predicted octanol–water partition coefficient (Wildman–Crippen LogP) is 1.90. The molecule has 0 fully saturated rings. The van der Waals surface area contributed by atoms with Gasteiger partial charge in [0.15, 0.2) is 5.03 Å². The number of hydrogen-bond donors (Lipinski definition) is 1. The fraction of sp³-hybridized carbons (Fsp3) is 0.357. The van der Waals surface area contributed by atoms with E-state index in [0.717, 1.165) is 12.2 Å². The average molecular weight is 310 g/mol. The van der Waals surface area contributed by atoms with E-state index >= 15 is 0 Å². The molecular weight excluding hydrogens is 292 g/mol. The van der Waals surface area contributed by atoms with Gasteiger partial charge < -0.3 is 9.15 Å². The number of hydrogen-bond acceptors (Lipinski definition) is 5. The van der Waals surface area contributed by atoms with Crippen molar-refractivity contribution in [3.8, 4) is 0 Å². The summed E-state index contributed by atoms with van der Waals surface area (Å²) in [4.78, 5) is 3.86. The molecule has 0 amide bonds. The zero-order valence-electron chi connectivity index (χ0n) is 11.9. The Hall–Kier alpha value is -1.70. The smallest absolute Gasteiger partial charge is 0.258 e. The van der Waals surface area contributed by atoms with Gasteiger partial charge in [-0.05, 0) is 24.3 Å². The highest BCUT2D eigenvalue weighted by molar-refractivity contribution is 7.89. The van der Waals surface area contributed by atoms with E-state index in [4.69, 9.17) is 9.15 Å². The van der Waals surface area contributed by atoms with Crippen molar-refractivity contribution in [2.24, 2.45) is 0 Å². The van der Waals surface area contributed by atoms with Crippen LogP contribution in [0.2, 0.25) is 0 Å². The lowest BCUT2D eigenvalue weighted by molar-refractivity contribution is 0.165. The van der Waals surface area contributed by atoms with Gasteiger partial charge >= 0.3 is 0 Å². The van der Waals surface area contributed by atoms with E-state index in [1.165, 1.54) is 19.4 Å². The molecule has 0 spiro atoms. The molecule has 1 unspecified atom stereocenters. The second-order valence-corrected chi connectivity index (χ2v) is 6.12. The number of aryl methyl sites for hydroxylation is 1. The van der Waals surface area contributed by atoms with Crippen LogP contribution >= 0.6 is 0 Å². The number of sulfonamides is 1. The fourth-order valence-corrected chi connectivity index (χ4v) is 3.00. The van der Waals surface area contributed by atoms with Crippen LogP contribution in [0.15, 0.2) is 46.0 Å². The molecule has 0 saturated carbocycles. The molecule has 2 aromatic rings. The van der Waals surface area contributed by atoms with Gasteiger partial charge in [0.2, 0.25) is 0 Å². The summed E-state index contributed by atoms with van der Waals surface area (Å²) in [6.07, 6.45) is 2.18. The first-order valence-corrected chi connectivity index (χ1v) is 8.06. The third kappa shape index (κ3) is 3.90. The average Bonchev–Trinajstić information content (AvgIpc) is 2.96. The molecule has 2 rings (SSSR count).